The average molecular weight is 238 g/mol. The molecule has 0 aliphatic heterocycles. The van der Waals surface area contributed by atoms with Gasteiger partial charge in [-0.1, -0.05) is 11.6 Å². The van der Waals surface area contributed by atoms with Crippen LogP contribution in [0, 0.1) is 20.8 Å². The molecule has 0 aliphatic carbocycles. The van der Waals surface area contributed by atoms with Crippen LogP contribution in [0.2, 0.25) is 5.02 Å². The lowest BCUT2D eigenvalue weighted by molar-refractivity contribution is 0.795. The van der Waals surface area contributed by atoms with E-state index in [0.717, 1.165) is 17.0 Å². The minimum absolute atomic E-state index is 0.226. The summed E-state index contributed by atoms with van der Waals surface area (Å²) in [7, 11) is 0. The Hall–Kier alpha value is -1.62. The predicted molar refractivity (Wildman–Crippen MR) is 62.8 cm³/mol. The molecular weight excluding hydrogens is 226 g/mol. The lowest BCUT2D eigenvalue weighted by Crippen LogP contribution is -2.07. The highest BCUT2D eigenvalue weighted by molar-refractivity contribution is 6.31. The monoisotopic (exact) mass is 237 g/mol. The van der Waals surface area contributed by atoms with Crippen LogP contribution in [0.5, 0.6) is 0 Å². The molecule has 0 unspecified atom stereocenters. The van der Waals surface area contributed by atoms with E-state index in [1.165, 1.54) is 0 Å². The third-order valence-corrected chi connectivity index (χ3v) is 2.91. The minimum atomic E-state index is 0.226. The number of nitrogens with two attached hydrogens (primary N) is 1. The molecule has 2 heterocycles. The first-order chi connectivity index (χ1) is 7.50. The van der Waals surface area contributed by atoms with Crippen LogP contribution < -0.4 is 5.73 Å². The zero-order valence-electron chi connectivity index (χ0n) is 9.32. The third-order valence-electron chi connectivity index (χ3n) is 2.37. The second kappa shape index (κ2) is 3.75. The molecule has 2 aromatic heterocycles. The van der Waals surface area contributed by atoms with Crippen molar-refractivity contribution >= 4 is 17.5 Å². The number of rotatable bonds is 1. The summed E-state index contributed by atoms with van der Waals surface area (Å²) in [5, 5.41) is 4.97. The van der Waals surface area contributed by atoms with Gasteiger partial charge in [0.05, 0.1) is 16.4 Å². The Bertz CT molecular complexity index is 546. The normalized spacial score (nSPS) is 10.8. The summed E-state index contributed by atoms with van der Waals surface area (Å²) in [6, 6.07) is 0. The van der Waals surface area contributed by atoms with E-state index in [2.05, 4.69) is 15.1 Å². The molecule has 0 aliphatic rings. The molecule has 2 aromatic rings. The van der Waals surface area contributed by atoms with Gasteiger partial charge in [0.25, 0.3) is 0 Å². The number of aryl methyl sites for hydroxylation is 2. The highest BCUT2D eigenvalue weighted by atomic mass is 35.5. The highest BCUT2D eigenvalue weighted by Crippen LogP contribution is 2.22. The van der Waals surface area contributed by atoms with Crippen molar-refractivity contribution in [3.8, 4) is 5.82 Å². The average Bonchev–Trinajstić information content (AvgIpc) is 2.50. The highest BCUT2D eigenvalue weighted by Gasteiger charge is 2.13. The maximum absolute atomic E-state index is 6.08. The Labute approximate surface area is 98.3 Å². The van der Waals surface area contributed by atoms with Crippen molar-refractivity contribution in [2.45, 2.75) is 20.8 Å². The van der Waals surface area contributed by atoms with Crippen LogP contribution in [-0.2, 0) is 0 Å². The van der Waals surface area contributed by atoms with Crippen molar-refractivity contribution in [2.75, 3.05) is 5.73 Å². The van der Waals surface area contributed by atoms with Crippen LogP contribution in [0.3, 0.4) is 0 Å². The topological polar surface area (TPSA) is 69.6 Å². The molecule has 0 spiro atoms. The second-order valence-corrected chi connectivity index (χ2v) is 4.01. The van der Waals surface area contributed by atoms with E-state index in [1.807, 2.05) is 20.8 Å². The standard InChI is InChI=1S/C10H12ClN5/c1-5-4-13-10(12)14-9(5)16-7(3)8(11)6(2)15-16/h4H,1-3H3,(H2,12,13,14). The SMILES string of the molecule is Cc1cnc(N)nc1-n1nc(C)c(Cl)c1C. The zero-order chi connectivity index (χ0) is 11.9. The first-order valence-electron chi connectivity index (χ1n) is 4.82. The van der Waals surface area contributed by atoms with Crippen molar-refractivity contribution in [1.82, 2.24) is 19.7 Å². The Balaban J connectivity index is 2.67. The van der Waals surface area contributed by atoms with E-state index in [-0.39, 0.29) is 5.95 Å². The molecule has 84 valence electrons. The maximum atomic E-state index is 6.08. The van der Waals surface area contributed by atoms with Gasteiger partial charge in [-0.2, -0.15) is 10.1 Å². The molecule has 0 fully saturated rings. The molecule has 6 heteroatoms. The van der Waals surface area contributed by atoms with Crippen LogP contribution in [0.15, 0.2) is 6.20 Å². The van der Waals surface area contributed by atoms with Crippen LogP contribution in [0.25, 0.3) is 5.82 Å². The first kappa shape index (κ1) is 10.9. The number of nitrogen functional groups attached to an aromatic ring is 1. The van der Waals surface area contributed by atoms with Gasteiger partial charge in [-0.05, 0) is 20.8 Å². The zero-order valence-corrected chi connectivity index (χ0v) is 10.1. The molecule has 0 bridgehead atoms. The molecular formula is C10H12ClN5. The van der Waals surface area contributed by atoms with Crippen LogP contribution in [0.1, 0.15) is 17.0 Å². The summed E-state index contributed by atoms with van der Waals surface area (Å²) < 4.78 is 1.69. The van der Waals surface area contributed by atoms with Gasteiger partial charge < -0.3 is 5.73 Å². The van der Waals surface area contributed by atoms with E-state index < -0.39 is 0 Å². The van der Waals surface area contributed by atoms with E-state index >= 15 is 0 Å². The molecule has 0 saturated heterocycles. The minimum Gasteiger partial charge on any atom is -0.368 e. The smallest absolute Gasteiger partial charge is 0.222 e. The number of nitrogens with zero attached hydrogens (tertiary/aromatic N) is 4. The molecule has 2 N–H and O–H groups in total. The Morgan fingerprint density at radius 3 is 2.56 bits per heavy atom. The molecule has 0 saturated carbocycles. The van der Waals surface area contributed by atoms with E-state index in [1.54, 1.807) is 10.9 Å². The second-order valence-electron chi connectivity index (χ2n) is 3.63. The number of halogens is 1. The molecule has 0 radical (unpaired) electrons. The molecule has 5 nitrogen and oxygen atoms in total. The molecule has 0 atom stereocenters. The van der Waals surface area contributed by atoms with E-state index in [4.69, 9.17) is 17.3 Å². The molecule has 0 aromatic carbocycles. The summed E-state index contributed by atoms with van der Waals surface area (Å²) in [4.78, 5) is 8.08. The molecule has 16 heavy (non-hydrogen) atoms. The lowest BCUT2D eigenvalue weighted by atomic mass is 10.3. The van der Waals surface area contributed by atoms with Crippen molar-refractivity contribution in [3.05, 3.63) is 28.2 Å². The summed E-state index contributed by atoms with van der Waals surface area (Å²) in [6.45, 7) is 5.64. The van der Waals surface area contributed by atoms with Crippen LogP contribution in [0.4, 0.5) is 5.95 Å². The fourth-order valence-corrected chi connectivity index (χ4v) is 1.61. The summed E-state index contributed by atoms with van der Waals surface area (Å²) in [5.41, 5.74) is 8.08. The van der Waals surface area contributed by atoms with Gasteiger partial charge in [0, 0.05) is 11.8 Å². The lowest BCUT2D eigenvalue weighted by Gasteiger charge is -2.06. The number of hydrogen-bond acceptors (Lipinski definition) is 4. The van der Waals surface area contributed by atoms with E-state index in [0.29, 0.717) is 10.8 Å². The van der Waals surface area contributed by atoms with Gasteiger partial charge in [-0.15, -0.1) is 0 Å². The fourth-order valence-electron chi connectivity index (χ4n) is 1.49. The van der Waals surface area contributed by atoms with Crippen molar-refractivity contribution < 1.29 is 0 Å². The number of hydrogen-bond donors (Lipinski definition) is 1. The summed E-state index contributed by atoms with van der Waals surface area (Å²) in [6.07, 6.45) is 1.67. The fraction of sp³-hybridized carbons (Fsp3) is 0.300. The van der Waals surface area contributed by atoms with Gasteiger partial charge in [0.2, 0.25) is 5.95 Å². The molecule has 0 amide bonds. The van der Waals surface area contributed by atoms with Crippen molar-refractivity contribution in [1.29, 1.82) is 0 Å². The van der Waals surface area contributed by atoms with Gasteiger partial charge in [-0.3, -0.25) is 0 Å². The molecule has 2 rings (SSSR count). The Morgan fingerprint density at radius 2 is 2.00 bits per heavy atom. The quantitative estimate of drug-likeness (QED) is 0.822. The van der Waals surface area contributed by atoms with E-state index in [9.17, 15) is 0 Å². The first-order valence-corrected chi connectivity index (χ1v) is 5.19. The maximum Gasteiger partial charge on any atom is 0.222 e. The summed E-state index contributed by atoms with van der Waals surface area (Å²) in [5.74, 6) is 0.893. The predicted octanol–water partition coefficient (Wildman–Crippen LogP) is 1.82. The van der Waals surface area contributed by atoms with Crippen molar-refractivity contribution in [2.24, 2.45) is 0 Å². The van der Waals surface area contributed by atoms with Gasteiger partial charge >= 0.3 is 0 Å². The van der Waals surface area contributed by atoms with Gasteiger partial charge in [-0.25, -0.2) is 9.67 Å². The Kier molecular flexibility index (Phi) is 2.55. The van der Waals surface area contributed by atoms with Gasteiger partial charge in [0.1, 0.15) is 0 Å². The third kappa shape index (κ3) is 1.63. The van der Waals surface area contributed by atoms with Crippen LogP contribution in [-0.4, -0.2) is 19.7 Å². The number of aromatic nitrogens is 4. The number of anilines is 1. The van der Waals surface area contributed by atoms with Crippen molar-refractivity contribution in [3.63, 3.8) is 0 Å². The Morgan fingerprint density at radius 1 is 1.31 bits per heavy atom. The van der Waals surface area contributed by atoms with Crippen LogP contribution >= 0.6 is 11.6 Å². The largest absolute Gasteiger partial charge is 0.368 e. The van der Waals surface area contributed by atoms with Gasteiger partial charge in [0.15, 0.2) is 5.82 Å². The summed E-state index contributed by atoms with van der Waals surface area (Å²) >= 11 is 6.08.